The quantitative estimate of drug-likeness (QED) is 0.379. The normalized spacial score (nSPS) is 12.1. The molecule has 0 unspecified atom stereocenters. The van der Waals surface area contributed by atoms with Gasteiger partial charge in [-0.3, -0.25) is 4.99 Å². The van der Waals surface area contributed by atoms with Crippen molar-refractivity contribution in [1.29, 1.82) is 0 Å². The fourth-order valence-electron chi connectivity index (χ4n) is 1.05. The van der Waals surface area contributed by atoms with Gasteiger partial charge in [-0.1, -0.05) is 0 Å². The first-order valence-electron chi connectivity index (χ1n) is 5.78. The van der Waals surface area contributed by atoms with Crippen LogP contribution in [0.25, 0.3) is 0 Å². The zero-order valence-corrected chi connectivity index (χ0v) is 11.2. The van der Waals surface area contributed by atoms with E-state index < -0.39 is 5.60 Å². The Morgan fingerprint density at radius 3 is 2.24 bits per heavy atom. The van der Waals surface area contributed by atoms with E-state index >= 15 is 0 Å². The van der Waals surface area contributed by atoms with Crippen LogP contribution in [0.3, 0.4) is 0 Å². The van der Waals surface area contributed by atoms with Gasteiger partial charge in [0, 0.05) is 20.1 Å². The standard InChI is InChI=1S/C11H24N4O2/c1-11(2,3)17-10(16)15-8-6-5-7-14-9(12)13-4/h5-8H2,1-4H3,(H,15,16)(H3,12,13,14). The second-order valence-corrected chi connectivity index (χ2v) is 4.67. The summed E-state index contributed by atoms with van der Waals surface area (Å²) in [6.45, 7) is 6.86. The Morgan fingerprint density at radius 1 is 1.24 bits per heavy atom. The highest BCUT2D eigenvalue weighted by Crippen LogP contribution is 2.06. The number of nitrogens with two attached hydrogens (primary N) is 1. The molecule has 0 spiro atoms. The van der Waals surface area contributed by atoms with Gasteiger partial charge in [0.25, 0.3) is 0 Å². The van der Waals surface area contributed by atoms with Crippen LogP contribution < -0.4 is 16.4 Å². The Balaban J connectivity index is 3.43. The summed E-state index contributed by atoms with van der Waals surface area (Å²) in [5.74, 6) is 0.435. The average Bonchev–Trinajstić information content (AvgIpc) is 2.20. The number of carbonyl (C=O) groups excluding carboxylic acids is 1. The molecule has 100 valence electrons. The molecule has 0 saturated heterocycles. The number of rotatable bonds is 5. The molecule has 0 aliphatic rings. The summed E-state index contributed by atoms with van der Waals surface area (Å²) < 4.78 is 5.10. The third kappa shape index (κ3) is 10.8. The fourth-order valence-corrected chi connectivity index (χ4v) is 1.05. The third-order valence-electron chi connectivity index (χ3n) is 1.82. The van der Waals surface area contributed by atoms with Crippen LogP contribution in [-0.2, 0) is 4.74 Å². The van der Waals surface area contributed by atoms with Crippen molar-refractivity contribution in [2.45, 2.75) is 39.2 Å². The number of alkyl carbamates (subject to hydrolysis) is 1. The molecule has 0 aromatic heterocycles. The van der Waals surface area contributed by atoms with E-state index in [1.54, 1.807) is 7.05 Å². The van der Waals surface area contributed by atoms with Gasteiger partial charge in [-0.25, -0.2) is 4.79 Å². The van der Waals surface area contributed by atoms with Gasteiger partial charge in [-0.15, -0.1) is 0 Å². The first kappa shape index (κ1) is 15.5. The van der Waals surface area contributed by atoms with Crippen molar-refractivity contribution in [1.82, 2.24) is 10.6 Å². The third-order valence-corrected chi connectivity index (χ3v) is 1.82. The van der Waals surface area contributed by atoms with Crippen LogP contribution in [-0.4, -0.2) is 37.8 Å². The second-order valence-electron chi connectivity index (χ2n) is 4.67. The molecule has 0 fully saturated rings. The number of carbonyl (C=O) groups is 1. The van der Waals surface area contributed by atoms with Crippen LogP contribution in [0.15, 0.2) is 4.99 Å². The molecule has 0 saturated carbocycles. The Labute approximate surface area is 103 Å². The molecular formula is C11H24N4O2. The van der Waals surface area contributed by atoms with E-state index in [1.165, 1.54) is 0 Å². The smallest absolute Gasteiger partial charge is 0.407 e. The van der Waals surface area contributed by atoms with Gasteiger partial charge in [-0.05, 0) is 33.6 Å². The summed E-state index contributed by atoms with van der Waals surface area (Å²) >= 11 is 0. The Morgan fingerprint density at radius 2 is 1.76 bits per heavy atom. The van der Waals surface area contributed by atoms with Crippen LogP contribution >= 0.6 is 0 Å². The van der Waals surface area contributed by atoms with E-state index in [0.717, 1.165) is 19.4 Å². The van der Waals surface area contributed by atoms with Crippen molar-refractivity contribution in [3.63, 3.8) is 0 Å². The highest BCUT2D eigenvalue weighted by atomic mass is 16.6. The minimum atomic E-state index is -0.447. The van der Waals surface area contributed by atoms with Gasteiger partial charge < -0.3 is 21.1 Å². The number of amides is 1. The zero-order valence-electron chi connectivity index (χ0n) is 11.2. The predicted octanol–water partition coefficient (Wildman–Crippen LogP) is 0.825. The van der Waals surface area contributed by atoms with Crippen LogP contribution in [0.4, 0.5) is 4.79 Å². The van der Waals surface area contributed by atoms with Gasteiger partial charge in [0.1, 0.15) is 5.60 Å². The van der Waals surface area contributed by atoms with Crippen molar-refractivity contribution in [2.75, 3.05) is 20.1 Å². The van der Waals surface area contributed by atoms with Crippen molar-refractivity contribution in [3.8, 4) is 0 Å². The maximum Gasteiger partial charge on any atom is 0.407 e. The first-order chi connectivity index (χ1) is 7.85. The maximum absolute atomic E-state index is 11.3. The van der Waals surface area contributed by atoms with Crippen LogP contribution in [0.5, 0.6) is 0 Å². The molecule has 0 aromatic rings. The van der Waals surface area contributed by atoms with E-state index in [9.17, 15) is 4.79 Å². The molecule has 6 heteroatoms. The summed E-state index contributed by atoms with van der Waals surface area (Å²) in [4.78, 5) is 15.0. The molecule has 17 heavy (non-hydrogen) atoms. The van der Waals surface area contributed by atoms with Gasteiger partial charge >= 0.3 is 6.09 Å². The lowest BCUT2D eigenvalue weighted by Gasteiger charge is -2.19. The molecule has 4 N–H and O–H groups in total. The monoisotopic (exact) mass is 244 g/mol. The topological polar surface area (TPSA) is 88.7 Å². The predicted molar refractivity (Wildman–Crippen MR) is 69.0 cm³/mol. The van der Waals surface area contributed by atoms with Crippen molar-refractivity contribution in [3.05, 3.63) is 0 Å². The summed E-state index contributed by atoms with van der Waals surface area (Å²) in [5, 5.41) is 5.63. The van der Waals surface area contributed by atoms with Crippen molar-refractivity contribution in [2.24, 2.45) is 10.7 Å². The highest BCUT2D eigenvalue weighted by molar-refractivity contribution is 5.77. The molecule has 0 bridgehead atoms. The Kier molecular flexibility index (Phi) is 7.09. The number of guanidine groups is 1. The number of hydrogen-bond acceptors (Lipinski definition) is 3. The molecule has 1 amide bonds. The van der Waals surface area contributed by atoms with E-state index in [2.05, 4.69) is 15.6 Å². The van der Waals surface area contributed by atoms with Gasteiger partial charge in [-0.2, -0.15) is 0 Å². The minimum absolute atomic E-state index is 0.375. The SMILES string of the molecule is CN=C(N)NCCCCNC(=O)OC(C)(C)C. The van der Waals surface area contributed by atoms with Gasteiger partial charge in [0.2, 0.25) is 0 Å². The zero-order chi connectivity index (χ0) is 13.3. The van der Waals surface area contributed by atoms with E-state index in [0.29, 0.717) is 12.5 Å². The molecule has 0 aliphatic heterocycles. The molecule has 0 heterocycles. The van der Waals surface area contributed by atoms with E-state index in [-0.39, 0.29) is 6.09 Å². The number of hydrogen-bond donors (Lipinski definition) is 3. The molecule has 0 rings (SSSR count). The Bertz CT molecular complexity index is 259. The van der Waals surface area contributed by atoms with Gasteiger partial charge in [0.15, 0.2) is 5.96 Å². The van der Waals surface area contributed by atoms with Crippen molar-refractivity contribution >= 4 is 12.1 Å². The first-order valence-corrected chi connectivity index (χ1v) is 5.78. The van der Waals surface area contributed by atoms with Crippen LogP contribution in [0, 0.1) is 0 Å². The summed E-state index contributed by atoms with van der Waals surface area (Å²) in [5.41, 5.74) is 5.01. The van der Waals surface area contributed by atoms with Crippen molar-refractivity contribution < 1.29 is 9.53 Å². The van der Waals surface area contributed by atoms with E-state index in [4.69, 9.17) is 10.5 Å². The summed E-state index contributed by atoms with van der Waals surface area (Å²) in [7, 11) is 1.63. The number of ether oxygens (including phenoxy) is 1. The molecule has 0 radical (unpaired) electrons. The average molecular weight is 244 g/mol. The molecule has 0 atom stereocenters. The number of unbranched alkanes of at least 4 members (excludes halogenated alkanes) is 1. The fraction of sp³-hybridized carbons (Fsp3) is 0.818. The molecule has 0 aromatic carbocycles. The Hall–Kier alpha value is -1.46. The maximum atomic E-state index is 11.3. The van der Waals surface area contributed by atoms with Crippen LogP contribution in [0.1, 0.15) is 33.6 Å². The second kappa shape index (κ2) is 7.76. The molecule has 0 aliphatic carbocycles. The summed E-state index contributed by atoms with van der Waals surface area (Å²) in [6, 6.07) is 0. The van der Waals surface area contributed by atoms with E-state index in [1.807, 2.05) is 20.8 Å². The molecular weight excluding hydrogens is 220 g/mol. The lowest BCUT2D eigenvalue weighted by atomic mass is 10.2. The largest absolute Gasteiger partial charge is 0.444 e. The lowest BCUT2D eigenvalue weighted by Crippen LogP contribution is -2.34. The number of nitrogens with zero attached hydrogens (tertiary/aromatic N) is 1. The van der Waals surface area contributed by atoms with Gasteiger partial charge in [0.05, 0.1) is 0 Å². The highest BCUT2D eigenvalue weighted by Gasteiger charge is 2.15. The number of aliphatic imine (C=N–C) groups is 1. The number of nitrogens with one attached hydrogen (secondary N) is 2. The van der Waals surface area contributed by atoms with Crippen LogP contribution in [0.2, 0.25) is 0 Å². The molecule has 6 nitrogen and oxygen atoms in total. The summed E-state index contributed by atoms with van der Waals surface area (Å²) in [6.07, 6.45) is 1.40. The minimum Gasteiger partial charge on any atom is -0.444 e. The lowest BCUT2D eigenvalue weighted by molar-refractivity contribution is 0.0527.